The van der Waals surface area contributed by atoms with E-state index in [2.05, 4.69) is 0 Å². The number of halogens is 1. The van der Waals surface area contributed by atoms with Crippen molar-refractivity contribution in [3.8, 4) is 5.75 Å². The maximum atomic E-state index is 12.9. The molecule has 0 spiro atoms. The van der Waals surface area contributed by atoms with Crippen molar-refractivity contribution in [2.45, 2.75) is 13.8 Å². The first-order chi connectivity index (χ1) is 5.15. The molecule has 0 fully saturated rings. The van der Waals surface area contributed by atoms with Gasteiger partial charge in [0.15, 0.2) is 0 Å². The highest BCUT2D eigenvalue weighted by Gasteiger charge is 2.02. The molecule has 1 rings (SSSR count). The Kier molecular flexibility index (Phi) is 2.13. The van der Waals surface area contributed by atoms with Crippen LogP contribution in [0.5, 0.6) is 5.75 Å². The first kappa shape index (κ1) is 8.05. The van der Waals surface area contributed by atoms with E-state index in [0.717, 1.165) is 5.56 Å². The van der Waals surface area contributed by atoms with E-state index in [0.29, 0.717) is 11.3 Å². The Morgan fingerprint density at radius 2 is 1.91 bits per heavy atom. The topological polar surface area (TPSA) is 9.23 Å². The summed E-state index contributed by atoms with van der Waals surface area (Å²) >= 11 is 0. The van der Waals surface area contributed by atoms with E-state index in [1.807, 2.05) is 13.0 Å². The molecule has 0 aliphatic carbocycles. The maximum absolute atomic E-state index is 12.9. The van der Waals surface area contributed by atoms with Gasteiger partial charge in [0.25, 0.3) is 0 Å². The highest BCUT2D eigenvalue weighted by atomic mass is 19.1. The van der Waals surface area contributed by atoms with Gasteiger partial charge in [-0.1, -0.05) is 0 Å². The number of ether oxygens (including phenoxy) is 1. The van der Waals surface area contributed by atoms with Gasteiger partial charge in [0, 0.05) is 6.07 Å². The zero-order chi connectivity index (χ0) is 8.43. The number of rotatable bonds is 1. The molecule has 1 aromatic rings. The second kappa shape index (κ2) is 2.91. The summed E-state index contributed by atoms with van der Waals surface area (Å²) < 4.78 is 17.8. The smallest absolute Gasteiger partial charge is 0.130 e. The zero-order valence-electron chi connectivity index (χ0n) is 6.94. The normalized spacial score (nSPS) is 9.82. The van der Waals surface area contributed by atoms with Crippen molar-refractivity contribution in [2.24, 2.45) is 0 Å². The minimum absolute atomic E-state index is 0.207. The summed E-state index contributed by atoms with van der Waals surface area (Å²) in [6, 6.07) is 3.21. The lowest BCUT2D eigenvalue weighted by Crippen LogP contribution is -1.90. The standard InChI is InChI=1S/C9H11FO/c1-6-4-8(11-3)5-9(10)7(6)2/h4-5H,1-3H3. The molecule has 0 atom stereocenters. The van der Waals surface area contributed by atoms with Gasteiger partial charge in [-0.15, -0.1) is 0 Å². The highest BCUT2D eigenvalue weighted by Crippen LogP contribution is 2.19. The zero-order valence-corrected chi connectivity index (χ0v) is 6.94. The molecule has 2 heteroatoms. The summed E-state index contributed by atoms with van der Waals surface area (Å²) in [5.41, 5.74) is 1.60. The third-order valence-electron chi connectivity index (χ3n) is 1.81. The lowest BCUT2D eigenvalue weighted by Gasteiger charge is -2.04. The molecule has 0 saturated carbocycles. The minimum atomic E-state index is -0.207. The highest BCUT2D eigenvalue weighted by molar-refractivity contribution is 5.35. The van der Waals surface area contributed by atoms with Gasteiger partial charge in [0.05, 0.1) is 7.11 Å². The molecule has 0 saturated heterocycles. The molecule has 0 unspecified atom stereocenters. The molecule has 1 nitrogen and oxygen atoms in total. The van der Waals surface area contributed by atoms with Crippen molar-refractivity contribution in [1.82, 2.24) is 0 Å². The Balaban J connectivity index is 3.21. The average molecular weight is 154 g/mol. The minimum Gasteiger partial charge on any atom is -0.497 e. The van der Waals surface area contributed by atoms with Crippen LogP contribution < -0.4 is 4.74 Å². The molecular formula is C9H11FO. The van der Waals surface area contributed by atoms with Crippen molar-refractivity contribution in [3.05, 3.63) is 29.1 Å². The predicted octanol–water partition coefficient (Wildman–Crippen LogP) is 2.45. The van der Waals surface area contributed by atoms with Gasteiger partial charge < -0.3 is 4.74 Å². The van der Waals surface area contributed by atoms with E-state index in [1.165, 1.54) is 13.2 Å². The van der Waals surface area contributed by atoms with Gasteiger partial charge in [-0.25, -0.2) is 4.39 Å². The Morgan fingerprint density at radius 1 is 1.27 bits per heavy atom. The maximum Gasteiger partial charge on any atom is 0.130 e. The van der Waals surface area contributed by atoms with Crippen LogP contribution in [0.4, 0.5) is 4.39 Å². The van der Waals surface area contributed by atoms with Gasteiger partial charge in [0.2, 0.25) is 0 Å². The largest absolute Gasteiger partial charge is 0.497 e. The van der Waals surface area contributed by atoms with Crippen molar-refractivity contribution < 1.29 is 9.13 Å². The number of hydrogen-bond donors (Lipinski definition) is 0. The molecule has 0 amide bonds. The number of benzene rings is 1. The fourth-order valence-corrected chi connectivity index (χ4v) is 0.903. The van der Waals surface area contributed by atoms with Crippen LogP contribution in [0.3, 0.4) is 0 Å². The van der Waals surface area contributed by atoms with E-state index in [9.17, 15) is 4.39 Å². The SMILES string of the molecule is COc1cc(C)c(C)c(F)c1. The van der Waals surface area contributed by atoms with Gasteiger partial charge in [0.1, 0.15) is 11.6 Å². The molecule has 11 heavy (non-hydrogen) atoms. The van der Waals surface area contributed by atoms with Crippen LogP contribution in [0.1, 0.15) is 11.1 Å². The molecule has 0 radical (unpaired) electrons. The first-order valence-corrected chi connectivity index (χ1v) is 3.46. The lowest BCUT2D eigenvalue weighted by atomic mass is 10.1. The second-order valence-electron chi connectivity index (χ2n) is 2.55. The quantitative estimate of drug-likeness (QED) is 0.603. The van der Waals surface area contributed by atoms with Crippen molar-refractivity contribution in [1.29, 1.82) is 0 Å². The van der Waals surface area contributed by atoms with Gasteiger partial charge in [-0.2, -0.15) is 0 Å². The molecule has 0 bridgehead atoms. The number of methoxy groups -OCH3 is 1. The van der Waals surface area contributed by atoms with Gasteiger partial charge >= 0.3 is 0 Å². The van der Waals surface area contributed by atoms with Gasteiger partial charge in [-0.05, 0) is 31.0 Å². The Hall–Kier alpha value is -1.05. The van der Waals surface area contributed by atoms with Crippen LogP contribution in [0.25, 0.3) is 0 Å². The van der Waals surface area contributed by atoms with E-state index >= 15 is 0 Å². The third-order valence-corrected chi connectivity index (χ3v) is 1.81. The van der Waals surface area contributed by atoms with E-state index < -0.39 is 0 Å². The van der Waals surface area contributed by atoms with E-state index in [1.54, 1.807) is 6.92 Å². The van der Waals surface area contributed by atoms with Crippen LogP contribution in [0.2, 0.25) is 0 Å². The summed E-state index contributed by atoms with van der Waals surface area (Å²) in [5, 5.41) is 0. The van der Waals surface area contributed by atoms with Crippen molar-refractivity contribution in [3.63, 3.8) is 0 Å². The fourth-order valence-electron chi connectivity index (χ4n) is 0.903. The molecule has 1 aromatic carbocycles. The summed E-state index contributed by atoms with van der Waals surface area (Å²) in [4.78, 5) is 0. The number of hydrogen-bond acceptors (Lipinski definition) is 1. The Labute approximate surface area is 65.8 Å². The van der Waals surface area contributed by atoms with E-state index in [-0.39, 0.29) is 5.82 Å². The van der Waals surface area contributed by atoms with Crippen LogP contribution in [-0.2, 0) is 0 Å². The summed E-state index contributed by atoms with van der Waals surface area (Å²) in [6.07, 6.45) is 0. The lowest BCUT2D eigenvalue weighted by molar-refractivity contribution is 0.410. The summed E-state index contributed by atoms with van der Waals surface area (Å²) in [7, 11) is 1.53. The van der Waals surface area contributed by atoms with Crippen LogP contribution >= 0.6 is 0 Å². The number of aryl methyl sites for hydroxylation is 1. The van der Waals surface area contributed by atoms with E-state index in [4.69, 9.17) is 4.74 Å². The molecule has 0 aliphatic rings. The average Bonchev–Trinajstić information content (AvgIpc) is 1.99. The van der Waals surface area contributed by atoms with Crippen molar-refractivity contribution in [2.75, 3.05) is 7.11 Å². The third kappa shape index (κ3) is 1.50. The molecular weight excluding hydrogens is 143 g/mol. The molecule has 60 valence electrons. The van der Waals surface area contributed by atoms with Gasteiger partial charge in [-0.3, -0.25) is 0 Å². The van der Waals surface area contributed by atoms with Crippen molar-refractivity contribution >= 4 is 0 Å². The molecule has 0 heterocycles. The summed E-state index contributed by atoms with van der Waals surface area (Å²) in [5.74, 6) is 0.368. The Morgan fingerprint density at radius 3 is 2.36 bits per heavy atom. The molecule has 0 N–H and O–H groups in total. The van der Waals surface area contributed by atoms with Crippen LogP contribution in [0, 0.1) is 19.7 Å². The fraction of sp³-hybridized carbons (Fsp3) is 0.333. The second-order valence-corrected chi connectivity index (χ2v) is 2.55. The monoisotopic (exact) mass is 154 g/mol. The Bertz CT molecular complexity index is 245. The molecule has 0 aliphatic heterocycles. The predicted molar refractivity (Wildman–Crippen MR) is 42.4 cm³/mol. The van der Waals surface area contributed by atoms with Crippen LogP contribution in [0.15, 0.2) is 12.1 Å². The first-order valence-electron chi connectivity index (χ1n) is 3.46. The molecule has 0 aromatic heterocycles. The summed E-state index contributed by atoms with van der Waals surface area (Å²) in [6.45, 7) is 3.62. The van der Waals surface area contributed by atoms with Crippen LogP contribution in [-0.4, -0.2) is 7.11 Å².